The molecule has 1 heterocycles. The molecule has 1 unspecified atom stereocenters. The summed E-state index contributed by atoms with van der Waals surface area (Å²) in [6.45, 7) is 3.91. The third-order valence-electron chi connectivity index (χ3n) is 2.96. The maximum atomic E-state index is 12.3. The standard InChI is InChI=1S/C14H17N3OS/c1-3-12(14-16-6-7-19-14)17-13(18)11-5-4-10(15)8-9(11)2/h4-8,12H,3,15H2,1-2H3,(H,17,18). The van der Waals surface area contributed by atoms with Crippen molar-refractivity contribution in [2.75, 3.05) is 5.73 Å². The SMILES string of the molecule is CCC(NC(=O)c1ccc(N)cc1C)c1nccs1. The number of carbonyl (C=O) groups excluding carboxylic acids is 1. The lowest BCUT2D eigenvalue weighted by atomic mass is 10.1. The molecule has 0 bridgehead atoms. The lowest BCUT2D eigenvalue weighted by molar-refractivity contribution is 0.0935. The van der Waals surface area contributed by atoms with Crippen LogP contribution in [-0.2, 0) is 0 Å². The fraction of sp³-hybridized carbons (Fsp3) is 0.286. The van der Waals surface area contributed by atoms with Crippen molar-refractivity contribution in [1.29, 1.82) is 0 Å². The molecular formula is C14H17N3OS. The average molecular weight is 275 g/mol. The lowest BCUT2D eigenvalue weighted by Gasteiger charge is -2.15. The van der Waals surface area contributed by atoms with Gasteiger partial charge in [0.25, 0.3) is 5.91 Å². The quantitative estimate of drug-likeness (QED) is 0.843. The maximum absolute atomic E-state index is 12.3. The molecule has 0 aliphatic carbocycles. The van der Waals surface area contributed by atoms with Crippen LogP contribution in [0.3, 0.4) is 0 Å². The normalized spacial score (nSPS) is 12.1. The molecule has 2 rings (SSSR count). The second kappa shape index (κ2) is 5.84. The highest BCUT2D eigenvalue weighted by molar-refractivity contribution is 7.09. The summed E-state index contributed by atoms with van der Waals surface area (Å²) in [5.74, 6) is -0.0837. The minimum Gasteiger partial charge on any atom is -0.399 e. The highest BCUT2D eigenvalue weighted by atomic mass is 32.1. The number of rotatable bonds is 4. The van der Waals surface area contributed by atoms with Crippen molar-refractivity contribution in [2.45, 2.75) is 26.3 Å². The number of nitrogens with two attached hydrogens (primary N) is 1. The number of hydrogen-bond donors (Lipinski definition) is 2. The molecule has 19 heavy (non-hydrogen) atoms. The summed E-state index contributed by atoms with van der Waals surface area (Å²) in [5, 5.41) is 5.86. The second-order valence-electron chi connectivity index (χ2n) is 4.38. The number of nitrogens with one attached hydrogen (secondary N) is 1. The van der Waals surface area contributed by atoms with Gasteiger partial charge in [0.15, 0.2) is 0 Å². The molecule has 0 spiro atoms. The zero-order valence-electron chi connectivity index (χ0n) is 11.0. The summed E-state index contributed by atoms with van der Waals surface area (Å²) in [6, 6.07) is 5.27. The first kappa shape index (κ1) is 13.5. The van der Waals surface area contributed by atoms with Crippen LogP contribution in [0.25, 0.3) is 0 Å². The average Bonchev–Trinajstić information content (AvgIpc) is 2.89. The van der Waals surface area contributed by atoms with Gasteiger partial charge in [-0.1, -0.05) is 6.92 Å². The van der Waals surface area contributed by atoms with Crippen molar-refractivity contribution >= 4 is 22.9 Å². The topological polar surface area (TPSA) is 68.0 Å². The third kappa shape index (κ3) is 3.12. The van der Waals surface area contributed by atoms with Crippen molar-refractivity contribution in [3.05, 3.63) is 45.9 Å². The Morgan fingerprint density at radius 1 is 1.53 bits per heavy atom. The van der Waals surface area contributed by atoms with Crippen molar-refractivity contribution < 1.29 is 4.79 Å². The van der Waals surface area contributed by atoms with Crippen LogP contribution in [0.2, 0.25) is 0 Å². The van der Waals surface area contributed by atoms with Gasteiger partial charge in [0.05, 0.1) is 6.04 Å². The Labute approximate surface area is 116 Å². The minimum absolute atomic E-state index is 0.0375. The van der Waals surface area contributed by atoms with E-state index in [9.17, 15) is 4.79 Å². The van der Waals surface area contributed by atoms with Gasteiger partial charge >= 0.3 is 0 Å². The van der Waals surface area contributed by atoms with Gasteiger partial charge < -0.3 is 11.1 Å². The molecule has 100 valence electrons. The molecule has 1 atom stereocenters. The van der Waals surface area contributed by atoms with Crippen LogP contribution in [0, 0.1) is 6.92 Å². The molecule has 2 aromatic rings. The van der Waals surface area contributed by atoms with Crippen molar-refractivity contribution in [3.63, 3.8) is 0 Å². The first-order chi connectivity index (χ1) is 9.11. The lowest BCUT2D eigenvalue weighted by Crippen LogP contribution is -2.28. The Morgan fingerprint density at radius 2 is 2.32 bits per heavy atom. The molecule has 5 heteroatoms. The van der Waals surface area contributed by atoms with Crippen LogP contribution in [-0.4, -0.2) is 10.9 Å². The first-order valence-electron chi connectivity index (χ1n) is 6.18. The van der Waals surface area contributed by atoms with E-state index in [1.165, 1.54) is 0 Å². The number of hydrogen-bond acceptors (Lipinski definition) is 4. The van der Waals surface area contributed by atoms with Crippen molar-refractivity contribution in [2.24, 2.45) is 0 Å². The van der Waals surface area contributed by atoms with Crippen molar-refractivity contribution in [1.82, 2.24) is 10.3 Å². The molecule has 0 radical (unpaired) electrons. The second-order valence-corrected chi connectivity index (χ2v) is 5.31. The highest BCUT2D eigenvalue weighted by Crippen LogP contribution is 2.20. The molecule has 0 saturated heterocycles. The number of anilines is 1. The summed E-state index contributed by atoms with van der Waals surface area (Å²) >= 11 is 1.55. The third-order valence-corrected chi connectivity index (χ3v) is 3.85. The van der Waals surface area contributed by atoms with Crippen LogP contribution in [0.1, 0.15) is 40.3 Å². The summed E-state index contributed by atoms with van der Waals surface area (Å²) in [5.41, 5.74) is 7.90. The van der Waals surface area contributed by atoms with Gasteiger partial charge in [0, 0.05) is 22.8 Å². The fourth-order valence-corrected chi connectivity index (χ4v) is 2.70. The van der Waals surface area contributed by atoms with Crippen LogP contribution in [0.4, 0.5) is 5.69 Å². The predicted molar refractivity (Wildman–Crippen MR) is 78.2 cm³/mol. The van der Waals surface area contributed by atoms with Gasteiger partial charge in [0.2, 0.25) is 0 Å². The Balaban J connectivity index is 2.16. The summed E-state index contributed by atoms with van der Waals surface area (Å²) in [4.78, 5) is 16.5. The molecule has 0 saturated carbocycles. The number of carbonyl (C=O) groups is 1. The summed E-state index contributed by atoms with van der Waals surface area (Å²) in [6.07, 6.45) is 2.57. The monoisotopic (exact) mass is 275 g/mol. The fourth-order valence-electron chi connectivity index (χ4n) is 1.92. The zero-order valence-corrected chi connectivity index (χ0v) is 11.8. The summed E-state index contributed by atoms with van der Waals surface area (Å²) in [7, 11) is 0. The van der Waals surface area contributed by atoms with Gasteiger partial charge in [0.1, 0.15) is 5.01 Å². The molecule has 4 nitrogen and oxygen atoms in total. The number of benzene rings is 1. The smallest absolute Gasteiger partial charge is 0.252 e. The molecule has 0 aliphatic rings. The van der Waals surface area contributed by atoms with Crippen LogP contribution in [0.15, 0.2) is 29.8 Å². The van der Waals surface area contributed by atoms with Crippen LogP contribution >= 0.6 is 11.3 Å². The van der Waals surface area contributed by atoms with E-state index >= 15 is 0 Å². The van der Waals surface area contributed by atoms with E-state index < -0.39 is 0 Å². The molecule has 3 N–H and O–H groups in total. The van der Waals surface area contributed by atoms with Gasteiger partial charge in [-0.2, -0.15) is 0 Å². The summed E-state index contributed by atoms with van der Waals surface area (Å²) < 4.78 is 0. The number of nitrogen functional groups attached to an aromatic ring is 1. The zero-order chi connectivity index (χ0) is 13.8. The number of thiazole rings is 1. The van der Waals surface area contributed by atoms with E-state index in [1.54, 1.807) is 35.7 Å². The van der Waals surface area contributed by atoms with Gasteiger partial charge in [-0.05, 0) is 37.1 Å². The molecule has 0 aliphatic heterocycles. The molecule has 0 fully saturated rings. The molecular weight excluding hydrogens is 258 g/mol. The molecule has 1 amide bonds. The largest absolute Gasteiger partial charge is 0.399 e. The number of amides is 1. The van der Waals surface area contributed by atoms with Gasteiger partial charge in [-0.15, -0.1) is 11.3 Å². The van der Waals surface area contributed by atoms with Gasteiger partial charge in [-0.25, -0.2) is 4.98 Å². The molecule has 1 aromatic heterocycles. The maximum Gasteiger partial charge on any atom is 0.252 e. The van der Waals surface area contributed by atoms with Crippen LogP contribution in [0.5, 0.6) is 0 Å². The van der Waals surface area contributed by atoms with E-state index in [0.29, 0.717) is 11.3 Å². The van der Waals surface area contributed by atoms with E-state index in [1.807, 2.05) is 19.2 Å². The number of nitrogens with zero attached hydrogens (tertiary/aromatic N) is 1. The Bertz CT molecular complexity index is 566. The Morgan fingerprint density at radius 3 is 2.89 bits per heavy atom. The van der Waals surface area contributed by atoms with E-state index in [-0.39, 0.29) is 11.9 Å². The highest BCUT2D eigenvalue weighted by Gasteiger charge is 2.17. The number of aromatic nitrogens is 1. The minimum atomic E-state index is -0.0837. The molecule has 1 aromatic carbocycles. The number of aryl methyl sites for hydroxylation is 1. The Kier molecular flexibility index (Phi) is 4.16. The van der Waals surface area contributed by atoms with E-state index in [2.05, 4.69) is 10.3 Å². The van der Waals surface area contributed by atoms with Crippen molar-refractivity contribution in [3.8, 4) is 0 Å². The first-order valence-corrected chi connectivity index (χ1v) is 7.06. The van der Waals surface area contributed by atoms with Gasteiger partial charge in [-0.3, -0.25) is 4.79 Å². The van der Waals surface area contributed by atoms with Crippen LogP contribution < -0.4 is 11.1 Å². The predicted octanol–water partition coefficient (Wildman–Crippen LogP) is 2.91. The van der Waals surface area contributed by atoms with E-state index in [0.717, 1.165) is 17.0 Å². The Hall–Kier alpha value is -1.88. The van der Waals surface area contributed by atoms with E-state index in [4.69, 9.17) is 5.73 Å².